The monoisotopic (exact) mass is 433 g/mol. The summed E-state index contributed by atoms with van der Waals surface area (Å²) in [5.74, 6) is 1.74. The van der Waals surface area contributed by atoms with Crippen LogP contribution >= 0.6 is 0 Å². The van der Waals surface area contributed by atoms with E-state index >= 15 is 0 Å². The predicted octanol–water partition coefficient (Wildman–Crippen LogP) is 2.70. The average molecular weight is 434 g/mol. The second-order valence-electron chi connectivity index (χ2n) is 8.00. The summed E-state index contributed by atoms with van der Waals surface area (Å²) in [7, 11) is 0. The van der Waals surface area contributed by atoms with Crippen molar-refractivity contribution >= 4 is 5.91 Å². The van der Waals surface area contributed by atoms with E-state index < -0.39 is 0 Å². The smallest absolute Gasteiger partial charge is 0.273 e. The molecule has 0 saturated heterocycles. The second-order valence-corrected chi connectivity index (χ2v) is 8.00. The first-order valence-corrected chi connectivity index (χ1v) is 11.0. The molecule has 8 heteroatoms. The number of nitrogens with one attached hydrogen (secondary N) is 2. The molecule has 1 aliphatic rings. The molecule has 0 unspecified atom stereocenters. The number of hydrogen-bond acceptors (Lipinski definition) is 6. The van der Waals surface area contributed by atoms with Crippen molar-refractivity contribution in [3.05, 3.63) is 70.4 Å². The molecule has 8 nitrogen and oxygen atoms in total. The zero-order chi connectivity index (χ0) is 22.2. The molecule has 0 atom stereocenters. The molecule has 2 aromatic heterocycles. The molecule has 1 aliphatic carbocycles. The van der Waals surface area contributed by atoms with E-state index in [1.165, 1.54) is 19.3 Å². The Bertz CT molecular complexity index is 1080. The van der Waals surface area contributed by atoms with Crippen molar-refractivity contribution < 1.29 is 9.53 Å². The minimum absolute atomic E-state index is 0.135. The van der Waals surface area contributed by atoms with Gasteiger partial charge in [0.05, 0.1) is 6.61 Å². The molecule has 4 rings (SSSR count). The molecule has 32 heavy (non-hydrogen) atoms. The van der Waals surface area contributed by atoms with Gasteiger partial charge in [-0.1, -0.05) is 12.5 Å². The summed E-state index contributed by atoms with van der Waals surface area (Å²) in [6.07, 6.45) is 6.57. The highest BCUT2D eigenvalue weighted by Crippen LogP contribution is 2.27. The normalized spacial score (nSPS) is 13.4. The molecule has 1 amide bonds. The fourth-order valence-corrected chi connectivity index (χ4v) is 3.43. The van der Waals surface area contributed by atoms with E-state index in [0.717, 1.165) is 23.6 Å². The van der Waals surface area contributed by atoms with E-state index in [4.69, 9.17) is 4.74 Å². The van der Waals surface area contributed by atoms with Gasteiger partial charge in [-0.3, -0.25) is 14.6 Å². The Hall–Kier alpha value is -3.55. The van der Waals surface area contributed by atoms with Crippen LogP contribution in [-0.4, -0.2) is 39.2 Å². The van der Waals surface area contributed by atoms with Crippen LogP contribution < -0.4 is 15.6 Å². The topological polar surface area (TPSA) is 110 Å². The molecule has 0 aliphatic heterocycles. The van der Waals surface area contributed by atoms with Gasteiger partial charge in [0.1, 0.15) is 11.4 Å². The van der Waals surface area contributed by atoms with Gasteiger partial charge in [0.25, 0.3) is 5.56 Å². The summed E-state index contributed by atoms with van der Waals surface area (Å²) >= 11 is 0. The molecule has 0 radical (unpaired) electrons. The number of aryl methyl sites for hydroxylation is 1. The van der Waals surface area contributed by atoms with Gasteiger partial charge in [0.2, 0.25) is 5.91 Å². The number of hydrogen-bond donors (Lipinski definition) is 2. The standard InChI is InChI=1S/C24H27N5O3/c30-22(26-15-13-19-6-1-2-14-25-19)12-11-21-24(31)27-23(29-28-21)18-7-9-20(10-8-18)32-16-17-4-3-5-17/h1-2,6-10,14,17H,3-5,11-13,15-16H2,(H,26,30)(H,27,29,31). The van der Waals surface area contributed by atoms with Crippen LogP contribution in [0, 0.1) is 5.92 Å². The molecule has 2 heterocycles. The minimum Gasteiger partial charge on any atom is -0.493 e. The van der Waals surface area contributed by atoms with E-state index in [2.05, 4.69) is 25.5 Å². The van der Waals surface area contributed by atoms with Gasteiger partial charge in [-0.2, -0.15) is 0 Å². The lowest BCUT2D eigenvalue weighted by Gasteiger charge is -2.25. The van der Waals surface area contributed by atoms with Crippen LogP contribution in [0.1, 0.15) is 37.1 Å². The Morgan fingerprint density at radius 2 is 1.94 bits per heavy atom. The molecular formula is C24H27N5O3. The van der Waals surface area contributed by atoms with E-state index in [1.54, 1.807) is 6.20 Å². The van der Waals surface area contributed by atoms with Crippen molar-refractivity contribution in [3.63, 3.8) is 0 Å². The maximum Gasteiger partial charge on any atom is 0.273 e. The highest BCUT2D eigenvalue weighted by atomic mass is 16.5. The van der Waals surface area contributed by atoms with Gasteiger partial charge < -0.3 is 15.0 Å². The summed E-state index contributed by atoms with van der Waals surface area (Å²) in [6, 6.07) is 13.1. The maximum atomic E-state index is 12.4. The molecule has 0 spiro atoms. The summed E-state index contributed by atoms with van der Waals surface area (Å²) in [6.45, 7) is 1.25. The Morgan fingerprint density at radius 3 is 2.62 bits per heavy atom. The fraction of sp³-hybridized carbons (Fsp3) is 0.375. The zero-order valence-corrected chi connectivity index (χ0v) is 17.9. The van der Waals surface area contributed by atoms with Crippen LogP contribution in [0.25, 0.3) is 11.4 Å². The van der Waals surface area contributed by atoms with Crippen molar-refractivity contribution in [2.75, 3.05) is 13.2 Å². The van der Waals surface area contributed by atoms with Gasteiger partial charge >= 0.3 is 0 Å². The van der Waals surface area contributed by atoms with E-state index in [0.29, 0.717) is 24.7 Å². The largest absolute Gasteiger partial charge is 0.493 e. The third kappa shape index (κ3) is 6.00. The highest BCUT2D eigenvalue weighted by molar-refractivity contribution is 5.76. The molecule has 0 bridgehead atoms. The van der Waals surface area contributed by atoms with Crippen molar-refractivity contribution in [1.82, 2.24) is 25.5 Å². The van der Waals surface area contributed by atoms with Crippen LogP contribution in [0.3, 0.4) is 0 Å². The van der Waals surface area contributed by atoms with Crippen molar-refractivity contribution in [3.8, 4) is 17.1 Å². The zero-order valence-electron chi connectivity index (χ0n) is 17.9. The predicted molar refractivity (Wildman–Crippen MR) is 120 cm³/mol. The number of pyridine rings is 1. The van der Waals surface area contributed by atoms with Crippen LogP contribution in [0.15, 0.2) is 53.5 Å². The first-order valence-electron chi connectivity index (χ1n) is 11.0. The van der Waals surface area contributed by atoms with Crippen molar-refractivity contribution in [1.29, 1.82) is 0 Å². The van der Waals surface area contributed by atoms with E-state index in [9.17, 15) is 9.59 Å². The van der Waals surface area contributed by atoms with Crippen LogP contribution in [-0.2, 0) is 17.6 Å². The number of H-pyrrole nitrogens is 1. The van der Waals surface area contributed by atoms with Gasteiger partial charge in [-0.15, -0.1) is 10.2 Å². The van der Waals surface area contributed by atoms with E-state index in [1.807, 2.05) is 42.5 Å². The number of rotatable bonds is 10. The molecule has 1 fully saturated rings. The van der Waals surface area contributed by atoms with Gasteiger partial charge in [-0.25, -0.2) is 0 Å². The maximum absolute atomic E-state index is 12.4. The van der Waals surface area contributed by atoms with Gasteiger partial charge in [0, 0.05) is 43.3 Å². The molecule has 3 aromatic rings. The Morgan fingerprint density at radius 1 is 1.09 bits per heavy atom. The van der Waals surface area contributed by atoms with Gasteiger partial charge in [0.15, 0.2) is 5.82 Å². The van der Waals surface area contributed by atoms with Crippen LogP contribution in [0.2, 0.25) is 0 Å². The van der Waals surface area contributed by atoms with Crippen LogP contribution in [0.4, 0.5) is 0 Å². The number of ether oxygens (including phenoxy) is 1. The van der Waals surface area contributed by atoms with Crippen LogP contribution in [0.5, 0.6) is 5.75 Å². The molecule has 1 saturated carbocycles. The summed E-state index contributed by atoms with van der Waals surface area (Å²) in [5, 5.41) is 11.0. The third-order valence-corrected chi connectivity index (χ3v) is 5.62. The lowest BCUT2D eigenvalue weighted by Crippen LogP contribution is -2.27. The SMILES string of the molecule is O=C(CCc1nnc(-c2ccc(OCC3CCC3)cc2)[nH]c1=O)NCCc1ccccn1. The summed E-state index contributed by atoms with van der Waals surface area (Å²) in [5.41, 5.74) is 1.59. The Labute approximate surface area is 186 Å². The molecular weight excluding hydrogens is 406 g/mol. The summed E-state index contributed by atoms with van der Waals surface area (Å²) in [4.78, 5) is 31.4. The number of benzene rings is 1. The third-order valence-electron chi connectivity index (χ3n) is 5.62. The number of amides is 1. The lowest BCUT2D eigenvalue weighted by atomic mass is 9.86. The molecule has 1 aromatic carbocycles. The first-order chi connectivity index (χ1) is 15.7. The van der Waals surface area contributed by atoms with E-state index in [-0.39, 0.29) is 30.0 Å². The summed E-state index contributed by atoms with van der Waals surface area (Å²) < 4.78 is 5.80. The number of carbonyl (C=O) groups is 1. The van der Waals surface area contributed by atoms with Crippen molar-refractivity contribution in [2.24, 2.45) is 5.92 Å². The minimum atomic E-state index is -0.332. The highest BCUT2D eigenvalue weighted by Gasteiger charge is 2.18. The Balaban J connectivity index is 1.25. The Kier molecular flexibility index (Phi) is 7.22. The van der Waals surface area contributed by atoms with Crippen molar-refractivity contribution in [2.45, 2.75) is 38.5 Å². The quantitative estimate of drug-likeness (QED) is 0.509. The van der Waals surface area contributed by atoms with Gasteiger partial charge in [-0.05, 0) is 55.2 Å². The molecule has 2 N–H and O–H groups in total. The average Bonchev–Trinajstić information content (AvgIpc) is 2.78. The number of aromatic nitrogens is 4. The molecule has 166 valence electrons. The fourth-order valence-electron chi connectivity index (χ4n) is 3.43. The second kappa shape index (κ2) is 10.7. The number of aromatic amines is 1. The number of nitrogens with zero attached hydrogens (tertiary/aromatic N) is 3. The number of carbonyl (C=O) groups excluding carboxylic acids is 1. The first kappa shape index (κ1) is 21.7. The lowest BCUT2D eigenvalue weighted by molar-refractivity contribution is -0.121.